The maximum absolute atomic E-state index is 12.5. The lowest BCUT2D eigenvalue weighted by atomic mass is 9.85. The van der Waals surface area contributed by atoms with Gasteiger partial charge < -0.3 is 30.0 Å². The van der Waals surface area contributed by atoms with Crippen LogP contribution < -0.4 is 10.6 Å². The van der Waals surface area contributed by atoms with Crippen molar-refractivity contribution in [3.8, 4) is 0 Å². The van der Waals surface area contributed by atoms with Crippen molar-refractivity contribution in [1.82, 2.24) is 10.6 Å². The largest absolute Gasteiger partial charge is 0.434 e. The monoisotopic (exact) mass is 490 g/mol. The number of carbonyl (C=O) groups excluding carboxylic acids is 4. The molecule has 1 aliphatic rings. The van der Waals surface area contributed by atoms with E-state index < -0.39 is 35.0 Å². The highest BCUT2D eigenvalue weighted by Crippen LogP contribution is 2.34. The standard InChI is InChI=1S/C22H38N2O8S/c1-14(19(28)32-21(4,5)29)12-16(26)33-11-10-23-15(25)8-9-24-18(27)17-20(2,3)13-30-22(6,7)31-17/h14,17,29H,8-13H2,1-7H3,(H,23,25)(H,24,27)/t14?,17-/m0/s1. The number of ether oxygens (including phenoxy) is 3. The van der Waals surface area contributed by atoms with Gasteiger partial charge in [-0.2, -0.15) is 0 Å². The van der Waals surface area contributed by atoms with Crippen LogP contribution in [0.15, 0.2) is 0 Å². The molecule has 1 aliphatic heterocycles. The smallest absolute Gasteiger partial charge is 0.311 e. The van der Waals surface area contributed by atoms with Crippen LogP contribution in [0.5, 0.6) is 0 Å². The first-order chi connectivity index (χ1) is 15.0. The predicted octanol–water partition coefficient (Wildman–Crippen LogP) is 1.34. The number of rotatable bonds is 11. The van der Waals surface area contributed by atoms with E-state index in [-0.39, 0.29) is 42.9 Å². The van der Waals surface area contributed by atoms with E-state index in [2.05, 4.69) is 10.6 Å². The Morgan fingerprint density at radius 2 is 1.79 bits per heavy atom. The van der Waals surface area contributed by atoms with Crippen molar-refractivity contribution in [2.45, 2.75) is 79.0 Å². The summed E-state index contributed by atoms with van der Waals surface area (Å²) in [7, 11) is 0. The molecule has 10 nitrogen and oxygen atoms in total. The van der Waals surface area contributed by atoms with Gasteiger partial charge in [-0.3, -0.25) is 19.2 Å². The van der Waals surface area contributed by atoms with Gasteiger partial charge in [0.05, 0.1) is 12.5 Å². The SMILES string of the molecule is CC(CC(=O)SCCNC(=O)CCNC(=O)[C@@H]1OC(C)(C)OCC1(C)C)C(=O)OC(C)(C)O. The summed E-state index contributed by atoms with van der Waals surface area (Å²) in [6.45, 7) is 12.3. The molecule has 0 aliphatic carbocycles. The van der Waals surface area contributed by atoms with E-state index in [0.29, 0.717) is 12.4 Å². The molecule has 1 saturated heterocycles. The van der Waals surface area contributed by atoms with E-state index in [1.165, 1.54) is 13.8 Å². The van der Waals surface area contributed by atoms with Crippen molar-refractivity contribution in [3.05, 3.63) is 0 Å². The predicted molar refractivity (Wildman–Crippen MR) is 123 cm³/mol. The average molecular weight is 491 g/mol. The number of carbonyl (C=O) groups is 4. The van der Waals surface area contributed by atoms with E-state index in [0.717, 1.165) is 11.8 Å². The third-order valence-corrected chi connectivity index (χ3v) is 5.60. The third-order valence-electron chi connectivity index (χ3n) is 4.71. The number of hydrogen-bond acceptors (Lipinski definition) is 9. The molecule has 11 heteroatoms. The van der Waals surface area contributed by atoms with Crippen molar-refractivity contribution < 1.29 is 38.5 Å². The minimum Gasteiger partial charge on any atom is -0.434 e. The van der Waals surface area contributed by atoms with Gasteiger partial charge >= 0.3 is 5.97 Å². The van der Waals surface area contributed by atoms with Gasteiger partial charge in [0.25, 0.3) is 0 Å². The lowest BCUT2D eigenvalue weighted by Gasteiger charge is -2.44. The summed E-state index contributed by atoms with van der Waals surface area (Å²) < 4.78 is 16.2. The lowest BCUT2D eigenvalue weighted by molar-refractivity contribution is -0.304. The second kappa shape index (κ2) is 12.1. The fourth-order valence-corrected chi connectivity index (χ4v) is 3.70. The zero-order valence-electron chi connectivity index (χ0n) is 20.6. The molecule has 0 saturated carbocycles. The molecular formula is C22H38N2O8S. The first-order valence-corrected chi connectivity index (χ1v) is 12.0. The number of thioether (sulfide) groups is 1. The first kappa shape index (κ1) is 29.3. The zero-order chi connectivity index (χ0) is 25.4. The maximum atomic E-state index is 12.5. The highest BCUT2D eigenvalue weighted by Gasteiger charge is 2.45. The lowest BCUT2D eigenvalue weighted by Crippen LogP contribution is -2.56. The second-order valence-corrected chi connectivity index (χ2v) is 10.9. The molecule has 2 amide bonds. The minimum absolute atomic E-state index is 0.0268. The van der Waals surface area contributed by atoms with Crippen LogP contribution in [-0.2, 0) is 33.4 Å². The average Bonchev–Trinajstić information content (AvgIpc) is 2.66. The number of hydrogen-bond donors (Lipinski definition) is 3. The molecule has 3 N–H and O–H groups in total. The van der Waals surface area contributed by atoms with Crippen LogP contribution in [0.4, 0.5) is 0 Å². The molecule has 0 spiro atoms. The summed E-state index contributed by atoms with van der Waals surface area (Å²) in [6, 6.07) is 0. The normalized spacial score (nSPS) is 20.4. The third kappa shape index (κ3) is 11.3. The molecule has 190 valence electrons. The maximum Gasteiger partial charge on any atom is 0.311 e. The molecular weight excluding hydrogens is 452 g/mol. The van der Waals surface area contributed by atoms with Crippen molar-refractivity contribution >= 4 is 34.7 Å². The van der Waals surface area contributed by atoms with Gasteiger partial charge in [0.1, 0.15) is 6.10 Å². The Morgan fingerprint density at radius 3 is 2.39 bits per heavy atom. The van der Waals surface area contributed by atoms with Crippen LogP contribution in [0.25, 0.3) is 0 Å². The Hall–Kier alpha value is -1.69. The van der Waals surface area contributed by atoms with E-state index >= 15 is 0 Å². The Labute approximate surface area is 199 Å². The molecule has 1 fully saturated rings. The Morgan fingerprint density at radius 1 is 1.15 bits per heavy atom. The van der Waals surface area contributed by atoms with Crippen molar-refractivity contribution in [3.63, 3.8) is 0 Å². The van der Waals surface area contributed by atoms with E-state index in [1.807, 2.05) is 13.8 Å². The molecule has 0 aromatic heterocycles. The molecule has 0 bridgehead atoms. The van der Waals surface area contributed by atoms with Gasteiger partial charge in [0.2, 0.25) is 17.6 Å². The van der Waals surface area contributed by atoms with Crippen LogP contribution in [0, 0.1) is 11.3 Å². The minimum atomic E-state index is -1.59. The Balaban J connectivity index is 2.24. The summed E-state index contributed by atoms with van der Waals surface area (Å²) in [5, 5.41) is 14.7. The number of esters is 1. The van der Waals surface area contributed by atoms with Gasteiger partial charge in [-0.1, -0.05) is 32.5 Å². The van der Waals surface area contributed by atoms with Crippen molar-refractivity contribution in [2.24, 2.45) is 11.3 Å². The van der Waals surface area contributed by atoms with Crippen LogP contribution in [0.2, 0.25) is 0 Å². The molecule has 2 atom stereocenters. The second-order valence-electron chi connectivity index (χ2n) is 9.76. The van der Waals surface area contributed by atoms with Gasteiger partial charge in [-0.05, 0) is 13.8 Å². The molecule has 0 aromatic carbocycles. The van der Waals surface area contributed by atoms with E-state index in [9.17, 15) is 24.3 Å². The fourth-order valence-electron chi connectivity index (χ4n) is 2.90. The van der Waals surface area contributed by atoms with Crippen LogP contribution in [0.3, 0.4) is 0 Å². The van der Waals surface area contributed by atoms with E-state index in [1.54, 1.807) is 20.8 Å². The molecule has 0 aromatic rings. The number of amides is 2. The number of nitrogens with one attached hydrogen (secondary N) is 2. The molecule has 1 rings (SSSR count). The molecule has 1 heterocycles. The van der Waals surface area contributed by atoms with Crippen molar-refractivity contribution in [2.75, 3.05) is 25.4 Å². The van der Waals surface area contributed by atoms with Crippen LogP contribution in [-0.4, -0.2) is 71.1 Å². The van der Waals surface area contributed by atoms with E-state index in [4.69, 9.17) is 14.2 Å². The van der Waals surface area contributed by atoms with Gasteiger partial charge in [0.15, 0.2) is 10.9 Å². The van der Waals surface area contributed by atoms with Crippen LogP contribution >= 0.6 is 11.8 Å². The summed E-state index contributed by atoms with van der Waals surface area (Å²) in [6.07, 6.45) is -0.618. The Kier molecular flexibility index (Phi) is 10.8. The van der Waals surface area contributed by atoms with Gasteiger partial charge in [0, 0.05) is 50.9 Å². The van der Waals surface area contributed by atoms with Gasteiger partial charge in [-0.15, -0.1) is 0 Å². The fraction of sp³-hybridized carbons (Fsp3) is 0.818. The quantitative estimate of drug-likeness (QED) is 0.222. The summed E-state index contributed by atoms with van der Waals surface area (Å²) in [5.74, 6) is -3.95. The molecule has 33 heavy (non-hydrogen) atoms. The topological polar surface area (TPSA) is 140 Å². The summed E-state index contributed by atoms with van der Waals surface area (Å²) >= 11 is 1.01. The highest BCUT2D eigenvalue weighted by molar-refractivity contribution is 8.13. The summed E-state index contributed by atoms with van der Waals surface area (Å²) in [4.78, 5) is 48.3. The van der Waals surface area contributed by atoms with Gasteiger partial charge in [-0.25, -0.2) is 0 Å². The zero-order valence-corrected chi connectivity index (χ0v) is 21.4. The molecule has 1 unspecified atom stereocenters. The molecule has 0 radical (unpaired) electrons. The van der Waals surface area contributed by atoms with Crippen LogP contribution in [0.1, 0.15) is 61.3 Å². The summed E-state index contributed by atoms with van der Waals surface area (Å²) in [5.41, 5.74) is -0.492. The number of aliphatic hydroxyl groups is 1. The first-order valence-electron chi connectivity index (χ1n) is 11.0. The highest BCUT2D eigenvalue weighted by atomic mass is 32.2. The Bertz CT molecular complexity index is 718. The van der Waals surface area contributed by atoms with Crippen molar-refractivity contribution in [1.29, 1.82) is 0 Å².